The molecule has 0 aromatic heterocycles. The van der Waals surface area contributed by atoms with Crippen molar-refractivity contribution < 1.29 is 31.8 Å². The van der Waals surface area contributed by atoms with E-state index < -0.39 is 10.4 Å². The first kappa shape index (κ1) is 35.4. The summed E-state index contributed by atoms with van der Waals surface area (Å²) in [6.07, 6.45) is 12.7. The molecule has 6 aliphatic carbocycles. The van der Waals surface area contributed by atoms with Crippen molar-refractivity contribution in [3.8, 4) is 11.5 Å². The summed E-state index contributed by atoms with van der Waals surface area (Å²) in [5.74, 6) is 3.81. The molecule has 9 rings (SSSR count). The van der Waals surface area contributed by atoms with Crippen molar-refractivity contribution in [3.05, 3.63) is 70.3 Å². The molecule has 4 saturated carbocycles. The number of fused-ring (bicyclic) bond motifs is 10. The second kappa shape index (κ2) is 13.8. The van der Waals surface area contributed by atoms with Crippen LogP contribution in [0.1, 0.15) is 106 Å². The molecule has 1 saturated heterocycles. The molecule has 7 aliphatic rings. The Labute approximate surface area is 296 Å². The first-order chi connectivity index (χ1) is 23.9. The largest absolute Gasteiger partial charge is 0.508 e. The molecule has 1 heterocycles. The third-order valence-corrected chi connectivity index (χ3v) is 13.9. The summed E-state index contributed by atoms with van der Waals surface area (Å²) >= 11 is 0. The van der Waals surface area contributed by atoms with Gasteiger partial charge in [0.1, 0.15) is 23.1 Å². The summed E-state index contributed by atoms with van der Waals surface area (Å²) in [6.45, 7) is 8.89. The van der Waals surface area contributed by atoms with E-state index in [0.29, 0.717) is 46.9 Å². The lowest BCUT2D eigenvalue weighted by Crippen LogP contribution is -2.42. The lowest BCUT2D eigenvalue weighted by atomic mass is 9.55. The maximum atomic E-state index is 12.3. The van der Waals surface area contributed by atoms with Gasteiger partial charge in [-0.25, -0.2) is 0 Å². The van der Waals surface area contributed by atoms with Crippen molar-refractivity contribution in [2.75, 3.05) is 26.2 Å². The van der Waals surface area contributed by atoms with Gasteiger partial charge in [-0.2, -0.15) is 8.42 Å². The highest BCUT2D eigenvalue weighted by atomic mass is 32.3. The molecule has 0 amide bonds. The third-order valence-electron chi connectivity index (χ3n) is 13.4. The topological polar surface area (TPSA) is 142 Å². The number of carbonyl (C=O) groups is 2. The van der Waals surface area contributed by atoms with Crippen LogP contribution in [-0.2, 0) is 32.8 Å². The summed E-state index contributed by atoms with van der Waals surface area (Å²) < 4.78 is 35.2. The van der Waals surface area contributed by atoms with Crippen molar-refractivity contribution in [2.45, 2.75) is 96.3 Å². The molecule has 4 N–H and O–H groups in total. The number of carbonyl (C=O) groups excluding carboxylic acids is 2. The van der Waals surface area contributed by atoms with Crippen LogP contribution in [0.3, 0.4) is 0 Å². The quantitative estimate of drug-likeness (QED) is 0.212. The van der Waals surface area contributed by atoms with Gasteiger partial charge < -0.3 is 19.9 Å². The van der Waals surface area contributed by atoms with E-state index in [2.05, 4.69) is 40.8 Å². The van der Waals surface area contributed by atoms with Crippen molar-refractivity contribution in [3.63, 3.8) is 0 Å². The number of benzene rings is 2. The molecule has 5 fully saturated rings. The van der Waals surface area contributed by atoms with E-state index in [0.717, 1.165) is 102 Å². The predicted molar refractivity (Wildman–Crippen MR) is 192 cm³/mol. The van der Waals surface area contributed by atoms with Crippen LogP contribution in [0.15, 0.2) is 48.0 Å². The molecule has 2 aromatic rings. The number of rotatable bonds is 2. The highest BCUT2D eigenvalue weighted by Crippen LogP contribution is 2.60. The predicted octanol–water partition coefficient (Wildman–Crippen LogP) is 6.21. The number of hydrogen-bond acceptors (Lipinski definition) is 8. The molecule has 0 bridgehead atoms. The van der Waals surface area contributed by atoms with Gasteiger partial charge in [-0.15, -0.1) is 0 Å². The standard InChI is InChI=1S/C18H22O5S.C18H20O2.C4H10N2/c1-18-9-8-14-13-5-3-12(23-24(20,21)22)10-11(13)2-4-15(14)16(18)6-7-17(18)19;1-18-9-8-14-13-5-3-12(19)10-11(13)2-4-15(14)16(18)6-7-17(18)20;1-2-6-4-3-5-1/h3,5,10,14-16H,2,4,6-9H2,1H3,(H,20,21,22);3-5,10,14,16,19H,2,6-9H2,1H3;5-6H,1-4H2/t14-,15-,16+,18+;14-,16+,18+;/m11./s1. The Morgan fingerprint density at radius 3 is 2.18 bits per heavy atom. The SMILES string of the molecule is C1CNCCN1.C[C@]12CC[C@@H]3c4ccc(OS(=O)(=O)O)cc4CC[C@H]3[C@@H]1CCC2=O.C[C@]12CC[C@H]3C(=CCc4cc(O)ccc43)[C@@H]1CCC2=O. The van der Waals surface area contributed by atoms with Crippen LogP contribution in [0.2, 0.25) is 0 Å². The maximum Gasteiger partial charge on any atom is 0.446 e. The van der Waals surface area contributed by atoms with Crippen LogP contribution in [0.4, 0.5) is 0 Å². The lowest BCUT2D eigenvalue weighted by Gasteiger charge is -2.48. The normalized spacial score (nSPS) is 33.7. The number of Topliss-reactive ketones (excluding diaryl/α,β-unsaturated/α-hetero) is 2. The Hall–Kier alpha value is -3.05. The maximum absolute atomic E-state index is 12.3. The summed E-state index contributed by atoms with van der Waals surface area (Å²) in [5.41, 5.74) is 6.26. The third kappa shape index (κ3) is 6.69. The highest BCUT2D eigenvalue weighted by Gasteiger charge is 2.55. The van der Waals surface area contributed by atoms with Crippen LogP contribution >= 0.6 is 0 Å². The molecule has 2 aromatic carbocycles. The van der Waals surface area contributed by atoms with E-state index in [1.54, 1.807) is 18.2 Å². The average Bonchev–Trinajstić information content (AvgIpc) is 3.58. The lowest BCUT2D eigenvalue weighted by molar-refractivity contribution is -0.129. The van der Waals surface area contributed by atoms with Crippen molar-refractivity contribution in [1.82, 2.24) is 10.6 Å². The van der Waals surface area contributed by atoms with E-state index in [9.17, 15) is 23.1 Å². The molecule has 9 nitrogen and oxygen atoms in total. The minimum Gasteiger partial charge on any atom is -0.508 e. The number of aryl methyl sites for hydroxylation is 1. The zero-order valence-corrected chi connectivity index (χ0v) is 30.2. The van der Waals surface area contributed by atoms with Gasteiger partial charge in [0, 0.05) is 55.8 Å². The molecule has 0 unspecified atom stereocenters. The molecular weight excluding hydrogens is 653 g/mol. The number of ketones is 2. The molecule has 0 radical (unpaired) electrons. The smallest absolute Gasteiger partial charge is 0.446 e. The van der Waals surface area contributed by atoms with Gasteiger partial charge in [0.15, 0.2) is 0 Å². The Balaban J connectivity index is 0.000000136. The average molecular weight is 705 g/mol. The number of nitrogens with one attached hydrogen (secondary N) is 2. The summed E-state index contributed by atoms with van der Waals surface area (Å²) in [5, 5.41) is 16.1. The fourth-order valence-corrected chi connectivity index (χ4v) is 11.2. The Bertz CT molecular complexity index is 1770. The molecule has 270 valence electrons. The Kier molecular flexibility index (Phi) is 9.78. The van der Waals surface area contributed by atoms with Crippen molar-refractivity contribution in [2.24, 2.45) is 28.6 Å². The fourth-order valence-electron chi connectivity index (χ4n) is 10.8. The van der Waals surface area contributed by atoms with Crippen molar-refractivity contribution in [1.29, 1.82) is 0 Å². The molecular formula is C40H52N2O7S. The second-order valence-electron chi connectivity index (χ2n) is 16.0. The van der Waals surface area contributed by atoms with E-state index in [1.807, 2.05) is 12.1 Å². The van der Waals surface area contributed by atoms with Gasteiger partial charge in [0.05, 0.1) is 0 Å². The van der Waals surface area contributed by atoms with Crippen LogP contribution in [-0.4, -0.2) is 55.8 Å². The van der Waals surface area contributed by atoms with Crippen LogP contribution in [0, 0.1) is 28.6 Å². The zero-order chi connectivity index (χ0) is 35.3. The number of aromatic hydroxyl groups is 1. The number of phenols is 1. The first-order valence-electron chi connectivity index (χ1n) is 18.7. The zero-order valence-electron chi connectivity index (χ0n) is 29.4. The molecule has 1 aliphatic heterocycles. The van der Waals surface area contributed by atoms with Gasteiger partial charge in [-0.3, -0.25) is 14.1 Å². The van der Waals surface area contributed by atoms with Gasteiger partial charge in [-0.1, -0.05) is 37.6 Å². The monoisotopic (exact) mass is 704 g/mol. The number of piperazine rings is 1. The minimum absolute atomic E-state index is 0.100. The minimum atomic E-state index is -4.49. The molecule has 0 spiro atoms. The molecule has 10 heteroatoms. The Morgan fingerprint density at radius 1 is 0.780 bits per heavy atom. The van der Waals surface area contributed by atoms with Gasteiger partial charge in [0.2, 0.25) is 0 Å². The summed E-state index contributed by atoms with van der Waals surface area (Å²) in [6, 6.07) is 11.1. The van der Waals surface area contributed by atoms with E-state index in [-0.39, 0.29) is 16.6 Å². The number of allylic oxidation sites excluding steroid dienone is 2. The molecule has 50 heavy (non-hydrogen) atoms. The van der Waals surface area contributed by atoms with E-state index in [4.69, 9.17) is 4.55 Å². The van der Waals surface area contributed by atoms with Crippen LogP contribution in [0.25, 0.3) is 0 Å². The van der Waals surface area contributed by atoms with E-state index in [1.165, 1.54) is 22.3 Å². The van der Waals surface area contributed by atoms with Gasteiger partial charge in [0.25, 0.3) is 0 Å². The molecule has 7 atom stereocenters. The fraction of sp³-hybridized carbons (Fsp3) is 0.600. The summed E-state index contributed by atoms with van der Waals surface area (Å²) in [4.78, 5) is 24.6. The summed E-state index contributed by atoms with van der Waals surface area (Å²) in [7, 11) is -4.49. The Morgan fingerprint density at radius 2 is 1.46 bits per heavy atom. The van der Waals surface area contributed by atoms with Gasteiger partial charge >= 0.3 is 10.4 Å². The van der Waals surface area contributed by atoms with Crippen LogP contribution < -0.4 is 14.8 Å². The van der Waals surface area contributed by atoms with Crippen molar-refractivity contribution >= 4 is 22.0 Å². The number of phenolic OH excluding ortho intramolecular Hbond substituents is 1. The van der Waals surface area contributed by atoms with Gasteiger partial charge in [-0.05, 0) is 128 Å². The second-order valence-corrected chi connectivity index (χ2v) is 17.0. The first-order valence-corrected chi connectivity index (χ1v) is 20.0. The van der Waals surface area contributed by atoms with E-state index >= 15 is 0 Å². The number of hydrogen-bond donors (Lipinski definition) is 4. The van der Waals surface area contributed by atoms with Crippen LogP contribution in [0.5, 0.6) is 11.5 Å². The highest BCUT2D eigenvalue weighted by molar-refractivity contribution is 7.81.